The third-order valence-electron chi connectivity index (χ3n) is 5.37. The van der Waals surface area contributed by atoms with Gasteiger partial charge in [-0.2, -0.15) is 0 Å². The van der Waals surface area contributed by atoms with Crippen molar-refractivity contribution in [2.45, 2.75) is 69.2 Å². The molecule has 19 heavy (non-hydrogen) atoms. The van der Waals surface area contributed by atoms with Gasteiger partial charge < -0.3 is 4.79 Å². The van der Waals surface area contributed by atoms with Crippen molar-refractivity contribution in [3.63, 3.8) is 0 Å². The summed E-state index contributed by atoms with van der Waals surface area (Å²) in [6, 6.07) is 0. The molecule has 102 valence electrons. The number of carbonyl (C=O) groups excluding carboxylic acids is 1. The average Bonchev–Trinajstić information content (AvgIpc) is 2.46. The van der Waals surface area contributed by atoms with Crippen LogP contribution < -0.4 is 0 Å². The molecule has 0 amide bonds. The van der Waals surface area contributed by atoms with Crippen LogP contribution in [0.4, 0.5) is 0 Å². The van der Waals surface area contributed by atoms with Crippen LogP contribution in [0, 0.1) is 68.7 Å². The van der Waals surface area contributed by atoms with Crippen molar-refractivity contribution in [3.05, 3.63) is 0 Å². The first kappa shape index (κ1) is 18.8. The quantitative estimate of drug-likeness (QED) is 0.385. The molecule has 0 heterocycles. The Morgan fingerprint density at radius 3 is 1.63 bits per heavy atom. The van der Waals surface area contributed by atoms with Gasteiger partial charge in [0.15, 0.2) is 0 Å². The molecule has 0 aliphatic heterocycles. The Hall–Kier alpha value is 1.77. The molecule has 0 saturated heterocycles. The molecular weight excluding hydrogens is 504 g/mol. The van der Waals surface area contributed by atoms with Gasteiger partial charge in [-0.1, -0.05) is 0 Å². The van der Waals surface area contributed by atoms with Crippen LogP contribution in [0.15, 0.2) is 0 Å². The zero-order valence-corrected chi connectivity index (χ0v) is 20.6. The maximum absolute atomic E-state index is 10.7. The Labute approximate surface area is 165 Å². The Kier molecular flexibility index (Phi) is 10.4. The van der Waals surface area contributed by atoms with Gasteiger partial charge in [-0.05, 0) is 0 Å². The fourth-order valence-electron chi connectivity index (χ4n) is 3.84. The molecule has 2 aliphatic rings. The number of carbonyl (C=O) groups is 1. The first-order valence-corrected chi connectivity index (χ1v) is 9.68. The summed E-state index contributed by atoms with van der Waals surface area (Å²) in [5.41, 5.74) is 0. The van der Waals surface area contributed by atoms with Gasteiger partial charge in [-0.25, -0.2) is 0 Å². The van der Waals surface area contributed by atoms with Crippen molar-refractivity contribution in [1.82, 2.24) is 0 Å². The van der Waals surface area contributed by atoms with Crippen LogP contribution in [0.2, 0.25) is 4.98 Å². The molecule has 0 aromatic rings. The number of rotatable bonds is 5. The van der Waals surface area contributed by atoms with E-state index in [0.717, 1.165) is 17.8 Å². The smallest absolute Gasteiger partial charge is 0 e. The molecule has 3 heteroatoms. The largest absolute Gasteiger partial charge is 0 e. The van der Waals surface area contributed by atoms with Crippen molar-refractivity contribution >= 4 is 24.9 Å². The Morgan fingerprint density at radius 1 is 0.789 bits per heavy atom. The summed E-state index contributed by atoms with van der Waals surface area (Å²) < 4.78 is 0. The topological polar surface area (TPSA) is 17.1 Å². The van der Waals surface area contributed by atoms with Gasteiger partial charge >= 0.3 is 118 Å². The molecular formula is C16H27GaORa. The molecule has 0 spiro atoms. The zero-order chi connectivity index (χ0) is 12.8. The predicted molar refractivity (Wildman–Crippen MR) is 76.8 cm³/mol. The monoisotopic (exact) mass is 530 g/mol. The normalized spacial score (nSPS) is 35.4. The molecule has 1 nitrogen and oxygen atoms in total. The van der Waals surface area contributed by atoms with Gasteiger partial charge in [-0.3, -0.25) is 0 Å². The molecule has 2 saturated carbocycles. The van der Waals surface area contributed by atoms with Crippen LogP contribution in [-0.4, -0.2) is 24.9 Å². The van der Waals surface area contributed by atoms with Crippen LogP contribution in [0.5, 0.6) is 0 Å². The van der Waals surface area contributed by atoms with Gasteiger partial charge in [0, 0.05) is 45.0 Å². The van der Waals surface area contributed by atoms with Gasteiger partial charge in [0.2, 0.25) is 0 Å². The van der Waals surface area contributed by atoms with E-state index >= 15 is 0 Å². The van der Waals surface area contributed by atoms with Gasteiger partial charge in [0.05, 0.1) is 0 Å². The van der Waals surface area contributed by atoms with E-state index in [-0.39, 0.29) is 45.0 Å². The van der Waals surface area contributed by atoms with E-state index in [9.17, 15) is 4.79 Å². The maximum Gasteiger partial charge on any atom is 0 e. The molecule has 2 fully saturated rings. The van der Waals surface area contributed by atoms with Gasteiger partial charge in [-0.15, -0.1) is 0 Å². The number of hydrogen-bond acceptors (Lipinski definition) is 1. The minimum absolute atomic E-state index is 0. The number of hydrogen-bond donors (Lipinski definition) is 0. The average molecular weight is 531 g/mol. The second-order valence-electron chi connectivity index (χ2n) is 6.62. The summed E-state index contributed by atoms with van der Waals surface area (Å²) in [5.74, 6) is 3.42. The fourth-order valence-corrected chi connectivity index (χ4v) is 4.83. The second-order valence-corrected chi connectivity index (χ2v) is 7.61. The number of aldehydes is 1. The molecule has 0 N–H and O–H groups in total. The van der Waals surface area contributed by atoms with Crippen LogP contribution in [0.3, 0.4) is 0 Å². The van der Waals surface area contributed by atoms with Crippen LogP contribution in [0.25, 0.3) is 0 Å². The SMILES string of the molecule is O=CC1CCC(CCC2CCC([CH2][Ga])CC2)CC1.[Ra]. The Morgan fingerprint density at radius 2 is 1.21 bits per heavy atom. The van der Waals surface area contributed by atoms with E-state index in [0.29, 0.717) is 5.92 Å². The molecule has 0 bridgehead atoms. The van der Waals surface area contributed by atoms with Crippen LogP contribution >= 0.6 is 0 Å². The Bertz CT molecular complexity index is 243. The van der Waals surface area contributed by atoms with Crippen molar-refractivity contribution < 1.29 is 49.8 Å². The third-order valence-corrected chi connectivity index (χ3v) is 6.77. The summed E-state index contributed by atoms with van der Waals surface area (Å²) in [6.45, 7) is 0. The van der Waals surface area contributed by atoms with E-state index in [4.69, 9.17) is 0 Å². The predicted octanol–water partition coefficient (Wildman–Crippen LogP) is 4.17. The van der Waals surface area contributed by atoms with E-state index in [1.165, 1.54) is 75.5 Å². The van der Waals surface area contributed by atoms with E-state index in [1.807, 2.05) is 18.6 Å². The van der Waals surface area contributed by atoms with E-state index < -0.39 is 0 Å². The van der Waals surface area contributed by atoms with Gasteiger partial charge in [0.25, 0.3) is 0 Å². The van der Waals surface area contributed by atoms with Gasteiger partial charge in [0.1, 0.15) is 0 Å². The molecule has 2 aliphatic carbocycles. The standard InChI is InChI=1S/C16H27O.Ga.Ra/c1-13-2-4-14(5-3-13)6-7-15-8-10-16(12-17)11-9-15;;/h12-16H,1-11H2;;. The van der Waals surface area contributed by atoms with Crippen molar-refractivity contribution in [2.75, 3.05) is 0 Å². The first-order chi connectivity index (χ1) is 8.81. The summed E-state index contributed by atoms with van der Waals surface area (Å²) in [5, 5.41) is 0. The molecule has 0 aromatic heterocycles. The zero-order valence-electron chi connectivity index (χ0n) is 12.4. The summed E-state index contributed by atoms with van der Waals surface area (Å²) in [4.78, 5) is 12.2. The minimum Gasteiger partial charge on any atom is 0 e. The van der Waals surface area contributed by atoms with Crippen molar-refractivity contribution in [2.24, 2.45) is 23.7 Å². The molecule has 2 rings (SSSR count). The third kappa shape index (κ3) is 6.60. The van der Waals surface area contributed by atoms with E-state index in [1.54, 1.807) is 0 Å². The molecule has 4 radical (unpaired) electrons. The summed E-state index contributed by atoms with van der Waals surface area (Å²) in [6.07, 6.45) is 15.1. The Balaban J connectivity index is 0.00000180. The summed E-state index contributed by atoms with van der Waals surface area (Å²) >= 11 is 1.92. The first-order valence-electron chi connectivity index (χ1n) is 7.97. The summed E-state index contributed by atoms with van der Waals surface area (Å²) in [7, 11) is 0. The second kappa shape index (κ2) is 10.5. The maximum atomic E-state index is 10.7. The van der Waals surface area contributed by atoms with Crippen molar-refractivity contribution in [3.8, 4) is 0 Å². The van der Waals surface area contributed by atoms with Crippen molar-refractivity contribution in [1.29, 1.82) is 0 Å². The van der Waals surface area contributed by atoms with E-state index in [2.05, 4.69) is 0 Å². The van der Waals surface area contributed by atoms with Crippen LogP contribution in [-0.2, 0) is 4.79 Å². The molecule has 0 atom stereocenters. The fraction of sp³-hybridized carbons (Fsp3) is 0.938. The minimum atomic E-state index is 0. The molecule has 0 unspecified atom stereocenters. The van der Waals surface area contributed by atoms with Crippen LogP contribution in [0.1, 0.15) is 64.2 Å². The molecule has 0 aromatic carbocycles.